The van der Waals surface area contributed by atoms with Crippen molar-refractivity contribution in [3.05, 3.63) is 23.8 Å². The fourth-order valence-electron chi connectivity index (χ4n) is 1.71. The van der Waals surface area contributed by atoms with Crippen molar-refractivity contribution in [2.45, 2.75) is 20.3 Å². The van der Waals surface area contributed by atoms with Crippen LogP contribution in [0.5, 0.6) is 11.5 Å². The highest BCUT2D eigenvalue weighted by Gasteiger charge is 2.11. The van der Waals surface area contributed by atoms with Gasteiger partial charge in [0.25, 0.3) is 5.91 Å². The molecule has 0 unspecified atom stereocenters. The smallest absolute Gasteiger partial charge is 0.251 e. The quantitative estimate of drug-likeness (QED) is 0.705. The number of amides is 1. The Balaban J connectivity index is 2.69. The molecular weight excluding hydrogens is 258 g/mol. The fraction of sp³-hybridized carbons (Fsp3) is 0.533. The summed E-state index contributed by atoms with van der Waals surface area (Å²) < 4.78 is 15.9. The lowest BCUT2D eigenvalue weighted by Crippen LogP contribution is -2.25. The van der Waals surface area contributed by atoms with Gasteiger partial charge in [0, 0.05) is 25.8 Å². The summed E-state index contributed by atoms with van der Waals surface area (Å²) in [7, 11) is 1.64. The maximum atomic E-state index is 12.0. The molecule has 1 aromatic carbocycles. The summed E-state index contributed by atoms with van der Waals surface area (Å²) in [4.78, 5) is 12.0. The van der Waals surface area contributed by atoms with E-state index in [1.54, 1.807) is 25.3 Å². The number of nitrogens with one attached hydrogen (secondary N) is 1. The lowest BCUT2D eigenvalue weighted by Gasteiger charge is -2.12. The minimum absolute atomic E-state index is 0.120. The van der Waals surface area contributed by atoms with Crippen molar-refractivity contribution < 1.29 is 19.0 Å². The summed E-state index contributed by atoms with van der Waals surface area (Å²) in [6, 6.07) is 5.21. The number of benzene rings is 1. The molecule has 1 aromatic rings. The van der Waals surface area contributed by atoms with E-state index in [9.17, 15) is 4.79 Å². The Morgan fingerprint density at radius 3 is 2.50 bits per heavy atom. The van der Waals surface area contributed by atoms with Crippen LogP contribution >= 0.6 is 0 Å². The van der Waals surface area contributed by atoms with Gasteiger partial charge in [0.1, 0.15) is 0 Å². The summed E-state index contributed by atoms with van der Waals surface area (Å²) >= 11 is 0. The molecule has 1 rings (SSSR count). The Morgan fingerprint density at radius 1 is 1.15 bits per heavy atom. The summed E-state index contributed by atoms with van der Waals surface area (Å²) in [6.45, 7) is 6.11. The number of rotatable bonds is 9. The predicted molar refractivity (Wildman–Crippen MR) is 77.6 cm³/mol. The third-order valence-electron chi connectivity index (χ3n) is 2.62. The number of methoxy groups -OCH3 is 1. The van der Waals surface area contributed by atoms with E-state index in [2.05, 4.69) is 5.32 Å². The molecule has 0 aliphatic heterocycles. The highest BCUT2D eigenvalue weighted by molar-refractivity contribution is 5.94. The molecule has 0 atom stereocenters. The molecule has 0 bridgehead atoms. The van der Waals surface area contributed by atoms with Crippen LogP contribution in [0.15, 0.2) is 18.2 Å². The van der Waals surface area contributed by atoms with E-state index in [-0.39, 0.29) is 5.91 Å². The highest BCUT2D eigenvalue weighted by atomic mass is 16.5. The topological polar surface area (TPSA) is 56.8 Å². The Kier molecular flexibility index (Phi) is 7.50. The van der Waals surface area contributed by atoms with Crippen LogP contribution in [0.4, 0.5) is 0 Å². The van der Waals surface area contributed by atoms with E-state index in [0.717, 1.165) is 6.42 Å². The second-order valence-corrected chi connectivity index (χ2v) is 4.13. The van der Waals surface area contributed by atoms with E-state index in [1.807, 2.05) is 13.8 Å². The molecule has 0 aromatic heterocycles. The average Bonchev–Trinajstić information content (AvgIpc) is 2.45. The molecule has 0 heterocycles. The minimum Gasteiger partial charge on any atom is -0.490 e. The zero-order valence-corrected chi connectivity index (χ0v) is 12.4. The van der Waals surface area contributed by atoms with Gasteiger partial charge in [0.2, 0.25) is 0 Å². The summed E-state index contributed by atoms with van der Waals surface area (Å²) in [5, 5.41) is 2.84. The molecule has 1 N–H and O–H groups in total. The van der Waals surface area contributed by atoms with E-state index < -0.39 is 0 Å². The van der Waals surface area contributed by atoms with Crippen LogP contribution in [0.25, 0.3) is 0 Å². The number of hydrogen-bond donors (Lipinski definition) is 1. The van der Waals surface area contributed by atoms with Gasteiger partial charge in [-0.1, -0.05) is 0 Å². The number of ether oxygens (including phenoxy) is 3. The van der Waals surface area contributed by atoms with Crippen molar-refractivity contribution in [2.24, 2.45) is 0 Å². The molecule has 0 saturated carbocycles. The van der Waals surface area contributed by atoms with E-state index in [1.165, 1.54) is 0 Å². The monoisotopic (exact) mass is 281 g/mol. The normalized spacial score (nSPS) is 10.2. The zero-order valence-electron chi connectivity index (χ0n) is 12.4. The summed E-state index contributed by atoms with van der Waals surface area (Å²) in [5.74, 6) is 1.13. The van der Waals surface area contributed by atoms with Crippen LogP contribution in [-0.2, 0) is 4.74 Å². The van der Waals surface area contributed by atoms with Crippen molar-refractivity contribution >= 4 is 5.91 Å². The molecule has 0 spiro atoms. The Hall–Kier alpha value is -1.75. The lowest BCUT2D eigenvalue weighted by atomic mass is 10.2. The highest BCUT2D eigenvalue weighted by Crippen LogP contribution is 2.28. The van der Waals surface area contributed by atoms with Crippen LogP contribution in [0, 0.1) is 0 Å². The second kappa shape index (κ2) is 9.20. The van der Waals surface area contributed by atoms with E-state index >= 15 is 0 Å². The molecule has 20 heavy (non-hydrogen) atoms. The molecule has 5 heteroatoms. The third-order valence-corrected chi connectivity index (χ3v) is 2.62. The van der Waals surface area contributed by atoms with Crippen molar-refractivity contribution in [1.82, 2.24) is 5.32 Å². The first-order valence-electron chi connectivity index (χ1n) is 6.89. The van der Waals surface area contributed by atoms with Crippen molar-refractivity contribution in [2.75, 3.05) is 33.5 Å². The van der Waals surface area contributed by atoms with Gasteiger partial charge < -0.3 is 19.5 Å². The van der Waals surface area contributed by atoms with Gasteiger partial charge in [-0.15, -0.1) is 0 Å². The molecule has 0 radical (unpaired) electrons. The standard InChI is InChI=1S/C15H23NO4/c1-4-19-13-8-7-12(11-14(13)20-5-2)15(17)16-9-6-10-18-3/h7-8,11H,4-6,9-10H2,1-3H3,(H,16,17). The first-order chi connectivity index (χ1) is 9.72. The molecule has 1 amide bonds. The fourth-order valence-corrected chi connectivity index (χ4v) is 1.71. The average molecular weight is 281 g/mol. The maximum absolute atomic E-state index is 12.0. The zero-order chi connectivity index (χ0) is 14.8. The van der Waals surface area contributed by atoms with Crippen LogP contribution in [0.3, 0.4) is 0 Å². The number of hydrogen-bond acceptors (Lipinski definition) is 4. The molecule has 0 aliphatic carbocycles. The first kappa shape index (κ1) is 16.3. The Morgan fingerprint density at radius 2 is 1.85 bits per heavy atom. The number of carbonyl (C=O) groups excluding carboxylic acids is 1. The second-order valence-electron chi connectivity index (χ2n) is 4.13. The largest absolute Gasteiger partial charge is 0.490 e. The summed E-state index contributed by atoms with van der Waals surface area (Å²) in [6.07, 6.45) is 0.789. The van der Waals surface area contributed by atoms with Gasteiger partial charge in [0.15, 0.2) is 11.5 Å². The van der Waals surface area contributed by atoms with Gasteiger partial charge >= 0.3 is 0 Å². The minimum atomic E-state index is -0.120. The molecule has 0 aliphatic rings. The molecule has 0 saturated heterocycles. The first-order valence-corrected chi connectivity index (χ1v) is 6.89. The van der Waals surface area contributed by atoms with Crippen LogP contribution in [-0.4, -0.2) is 39.4 Å². The Bertz CT molecular complexity index is 420. The number of carbonyl (C=O) groups is 1. The van der Waals surface area contributed by atoms with Gasteiger partial charge in [0.05, 0.1) is 13.2 Å². The van der Waals surface area contributed by atoms with Crippen molar-refractivity contribution in [1.29, 1.82) is 0 Å². The van der Waals surface area contributed by atoms with Crippen molar-refractivity contribution in [3.63, 3.8) is 0 Å². The van der Waals surface area contributed by atoms with Crippen molar-refractivity contribution in [3.8, 4) is 11.5 Å². The molecule has 112 valence electrons. The van der Waals surface area contributed by atoms with Crippen LogP contribution in [0.1, 0.15) is 30.6 Å². The predicted octanol–water partition coefficient (Wildman–Crippen LogP) is 2.25. The molecule has 5 nitrogen and oxygen atoms in total. The Labute approximate surface area is 120 Å². The van der Waals surface area contributed by atoms with E-state index in [0.29, 0.717) is 43.4 Å². The summed E-state index contributed by atoms with van der Waals surface area (Å²) in [5.41, 5.74) is 0.564. The van der Waals surface area contributed by atoms with Gasteiger partial charge in [-0.25, -0.2) is 0 Å². The third kappa shape index (κ3) is 5.09. The maximum Gasteiger partial charge on any atom is 0.251 e. The lowest BCUT2D eigenvalue weighted by molar-refractivity contribution is 0.0948. The van der Waals surface area contributed by atoms with Gasteiger partial charge in [-0.05, 0) is 38.5 Å². The van der Waals surface area contributed by atoms with Crippen LogP contribution in [0.2, 0.25) is 0 Å². The van der Waals surface area contributed by atoms with Gasteiger partial charge in [-0.2, -0.15) is 0 Å². The van der Waals surface area contributed by atoms with Crippen LogP contribution < -0.4 is 14.8 Å². The molecular formula is C15H23NO4. The van der Waals surface area contributed by atoms with E-state index in [4.69, 9.17) is 14.2 Å². The SMILES string of the molecule is CCOc1ccc(C(=O)NCCCOC)cc1OCC. The molecule has 0 fully saturated rings. The van der Waals surface area contributed by atoms with Gasteiger partial charge in [-0.3, -0.25) is 4.79 Å².